The third-order valence-corrected chi connectivity index (χ3v) is 1.80. The van der Waals surface area contributed by atoms with Gasteiger partial charge in [0.05, 0.1) is 11.9 Å². The van der Waals surface area contributed by atoms with Crippen molar-refractivity contribution in [2.75, 3.05) is 11.9 Å². The van der Waals surface area contributed by atoms with Crippen LogP contribution in [0.3, 0.4) is 0 Å². The van der Waals surface area contributed by atoms with Crippen LogP contribution in [0.25, 0.3) is 0 Å². The van der Waals surface area contributed by atoms with Crippen LogP contribution in [0, 0.1) is 0 Å². The quantitative estimate of drug-likeness (QED) is 0.691. The number of hydrogen-bond donors (Lipinski definition) is 2. The summed E-state index contributed by atoms with van der Waals surface area (Å²) in [4.78, 5) is 0. The molecule has 1 unspecified atom stereocenters. The number of aryl methyl sites for hydroxylation is 1. The molecule has 1 heterocycles. The van der Waals surface area contributed by atoms with E-state index in [1.165, 1.54) is 0 Å². The molecular formula is C8H16N4. The summed E-state index contributed by atoms with van der Waals surface area (Å²) in [6.07, 6.45) is 4.72. The molecule has 0 aliphatic heterocycles. The number of nitrogens with zero attached hydrogens (tertiary/aromatic N) is 2. The molecule has 0 bridgehead atoms. The summed E-state index contributed by atoms with van der Waals surface area (Å²) in [5.74, 6) is 0. The third kappa shape index (κ3) is 2.54. The second-order valence-electron chi connectivity index (χ2n) is 2.95. The van der Waals surface area contributed by atoms with E-state index >= 15 is 0 Å². The topological polar surface area (TPSA) is 55.9 Å². The monoisotopic (exact) mass is 168 g/mol. The van der Waals surface area contributed by atoms with Crippen LogP contribution in [0.2, 0.25) is 0 Å². The van der Waals surface area contributed by atoms with Gasteiger partial charge in [0.2, 0.25) is 0 Å². The fraction of sp³-hybridized carbons (Fsp3) is 0.625. The molecule has 1 atom stereocenters. The molecule has 0 aliphatic rings. The Bertz CT molecular complexity index is 231. The molecule has 4 nitrogen and oxygen atoms in total. The van der Waals surface area contributed by atoms with Crippen molar-refractivity contribution >= 4 is 5.69 Å². The van der Waals surface area contributed by atoms with Gasteiger partial charge in [-0.3, -0.25) is 4.68 Å². The van der Waals surface area contributed by atoms with Crippen molar-refractivity contribution < 1.29 is 0 Å². The van der Waals surface area contributed by atoms with Crippen LogP contribution in [-0.4, -0.2) is 22.4 Å². The van der Waals surface area contributed by atoms with E-state index in [4.69, 9.17) is 5.73 Å². The zero-order valence-corrected chi connectivity index (χ0v) is 7.62. The molecule has 0 saturated heterocycles. The first-order valence-electron chi connectivity index (χ1n) is 4.20. The van der Waals surface area contributed by atoms with Gasteiger partial charge in [-0.15, -0.1) is 0 Å². The zero-order valence-electron chi connectivity index (χ0n) is 7.62. The molecule has 1 rings (SSSR count). The molecule has 0 fully saturated rings. The van der Waals surface area contributed by atoms with Gasteiger partial charge in [0.15, 0.2) is 0 Å². The largest absolute Gasteiger partial charge is 0.381 e. The Hall–Kier alpha value is -1.03. The molecule has 0 amide bonds. The minimum Gasteiger partial charge on any atom is -0.381 e. The summed E-state index contributed by atoms with van der Waals surface area (Å²) < 4.78 is 1.76. The average Bonchev–Trinajstić information content (AvgIpc) is 2.47. The van der Waals surface area contributed by atoms with Crippen molar-refractivity contribution in [1.82, 2.24) is 9.78 Å². The number of nitrogens with two attached hydrogens (primary N) is 1. The molecule has 3 N–H and O–H groups in total. The van der Waals surface area contributed by atoms with Crippen LogP contribution >= 0.6 is 0 Å². The Morgan fingerprint density at radius 3 is 3.00 bits per heavy atom. The molecule has 1 aromatic heterocycles. The zero-order chi connectivity index (χ0) is 8.97. The second-order valence-corrected chi connectivity index (χ2v) is 2.95. The first kappa shape index (κ1) is 9.06. The van der Waals surface area contributed by atoms with E-state index in [1.54, 1.807) is 10.9 Å². The van der Waals surface area contributed by atoms with E-state index in [-0.39, 0.29) is 6.04 Å². The Labute approximate surface area is 72.8 Å². The van der Waals surface area contributed by atoms with Gasteiger partial charge in [0.25, 0.3) is 0 Å². The van der Waals surface area contributed by atoms with Gasteiger partial charge in [0.1, 0.15) is 0 Å². The summed E-state index contributed by atoms with van der Waals surface area (Å²) in [6, 6.07) is 0.227. The summed E-state index contributed by atoms with van der Waals surface area (Å²) in [5.41, 5.74) is 6.77. The summed E-state index contributed by atoms with van der Waals surface area (Å²) in [5, 5.41) is 7.24. The lowest BCUT2D eigenvalue weighted by Crippen LogP contribution is -2.27. The SMILES string of the molecule is CCC(N)CNc1cnn(C)c1. The predicted octanol–water partition coefficient (Wildman–Crippen LogP) is 0.569. The Morgan fingerprint density at radius 1 is 1.75 bits per heavy atom. The van der Waals surface area contributed by atoms with Crippen LogP contribution in [-0.2, 0) is 7.05 Å². The number of nitrogens with one attached hydrogen (secondary N) is 1. The first-order chi connectivity index (χ1) is 5.72. The van der Waals surface area contributed by atoms with Crippen LogP contribution in [0.4, 0.5) is 5.69 Å². The van der Waals surface area contributed by atoms with Gasteiger partial charge >= 0.3 is 0 Å². The lowest BCUT2D eigenvalue weighted by Gasteiger charge is -2.08. The molecule has 12 heavy (non-hydrogen) atoms. The smallest absolute Gasteiger partial charge is 0.0726 e. The predicted molar refractivity (Wildman–Crippen MR) is 50.0 cm³/mol. The van der Waals surface area contributed by atoms with E-state index in [9.17, 15) is 0 Å². The second kappa shape index (κ2) is 4.11. The van der Waals surface area contributed by atoms with E-state index in [0.29, 0.717) is 0 Å². The molecule has 4 heteroatoms. The summed E-state index contributed by atoms with van der Waals surface area (Å²) in [6.45, 7) is 2.89. The average molecular weight is 168 g/mol. The number of hydrogen-bond acceptors (Lipinski definition) is 3. The van der Waals surface area contributed by atoms with E-state index in [0.717, 1.165) is 18.7 Å². The molecule has 0 spiro atoms. The lowest BCUT2D eigenvalue weighted by atomic mass is 10.2. The molecule has 1 aromatic rings. The van der Waals surface area contributed by atoms with Crippen LogP contribution in [0.1, 0.15) is 13.3 Å². The van der Waals surface area contributed by atoms with Gasteiger partial charge in [-0.05, 0) is 6.42 Å². The third-order valence-electron chi connectivity index (χ3n) is 1.80. The summed E-state index contributed by atoms with van der Waals surface area (Å²) >= 11 is 0. The fourth-order valence-electron chi connectivity index (χ4n) is 0.906. The highest BCUT2D eigenvalue weighted by atomic mass is 15.3. The molecule has 0 aromatic carbocycles. The Kier molecular flexibility index (Phi) is 3.10. The van der Waals surface area contributed by atoms with Crippen LogP contribution in [0.15, 0.2) is 12.4 Å². The maximum absolute atomic E-state index is 5.74. The minimum absolute atomic E-state index is 0.227. The minimum atomic E-state index is 0.227. The maximum atomic E-state index is 5.74. The summed E-state index contributed by atoms with van der Waals surface area (Å²) in [7, 11) is 1.89. The molecule has 0 aliphatic carbocycles. The van der Waals surface area contributed by atoms with Crippen LogP contribution in [0.5, 0.6) is 0 Å². The highest BCUT2D eigenvalue weighted by Gasteiger charge is 1.99. The maximum Gasteiger partial charge on any atom is 0.0726 e. The van der Waals surface area contributed by atoms with Crippen molar-refractivity contribution in [2.45, 2.75) is 19.4 Å². The van der Waals surface area contributed by atoms with Crippen molar-refractivity contribution in [1.29, 1.82) is 0 Å². The normalized spacial score (nSPS) is 12.9. The van der Waals surface area contributed by atoms with E-state index in [1.807, 2.05) is 13.2 Å². The lowest BCUT2D eigenvalue weighted by molar-refractivity contribution is 0.679. The van der Waals surface area contributed by atoms with E-state index < -0.39 is 0 Å². The first-order valence-corrected chi connectivity index (χ1v) is 4.20. The number of aromatic nitrogens is 2. The van der Waals surface area contributed by atoms with Crippen molar-refractivity contribution in [2.24, 2.45) is 12.8 Å². The number of rotatable bonds is 4. The van der Waals surface area contributed by atoms with Gasteiger partial charge in [0, 0.05) is 25.8 Å². The van der Waals surface area contributed by atoms with Crippen LogP contribution < -0.4 is 11.1 Å². The standard InChI is InChI=1S/C8H16N4/c1-3-7(9)4-10-8-5-11-12(2)6-8/h5-7,10H,3-4,9H2,1-2H3. The number of anilines is 1. The van der Waals surface area contributed by atoms with Gasteiger partial charge in [-0.25, -0.2) is 0 Å². The fourth-order valence-corrected chi connectivity index (χ4v) is 0.906. The van der Waals surface area contributed by atoms with Crippen molar-refractivity contribution in [3.05, 3.63) is 12.4 Å². The molecule has 68 valence electrons. The van der Waals surface area contributed by atoms with Gasteiger partial charge < -0.3 is 11.1 Å². The highest BCUT2D eigenvalue weighted by Crippen LogP contribution is 2.02. The van der Waals surface area contributed by atoms with E-state index in [2.05, 4.69) is 17.3 Å². The molecule has 0 radical (unpaired) electrons. The highest BCUT2D eigenvalue weighted by molar-refractivity contribution is 5.37. The van der Waals surface area contributed by atoms with Gasteiger partial charge in [-0.2, -0.15) is 5.10 Å². The molecular weight excluding hydrogens is 152 g/mol. The Morgan fingerprint density at radius 2 is 2.50 bits per heavy atom. The Balaban J connectivity index is 2.33. The van der Waals surface area contributed by atoms with Crippen molar-refractivity contribution in [3.8, 4) is 0 Å². The van der Waals surface area contributed by atoms with Gasteiger partial charge in [-0.1, -0.05) is 6.92 Å². The van der Waals surface area contributed by atoms with Crippen molar-refractivity contribution in [3.63, 3.8) is 0 Å². The molecule has 0 saturated carbocycles.